The monoisotopic (exact) mass is 535 g/mol. The van der Waals surface area contributed by atoms with E-state index in [4.69, 9.17) is 14.6 Å². The third kappa shape index (κ3) is 6.97. The van der Waals surface area contributed by atoms with Gasteiger partial charge >= 0.3 is 12.1 Å². The van der Waals surface area contributed by atoms with Crippen LogP contribution in [0.3, 0.4) is 0 Å². The van der Waals surface area contributed by atoms with Crippen molar-refractivity contribution in [1.82, 2.24) is 14.1 Å². The zero-order chi connectivity index (χ0) is 26.7. The molecule has 1 spiro atoms. The topological polar surface area (TPSA) is 90.4 Å². The number of piperazine rings is 1. The van der Waals surface area contributed by atoms with E-state index in [1.54, 1.807) is 16.4 Å². The SMILES string of the molecule is CC(C)c1ccc(S(=O)(=O)N2CCC3(CC2)CC(N2CCN(C)CC2)CO3)cc1.O=C(O)C(F)(F)F. The van der Waals surface area contributed by atoms with E-state index in [2.05, 4.69) is 30.7 Å². The van der Waals surface area contributed by atoms with Gasteiger partial charge in [0.2, 0.25) is 10.0 Å². The number of nitrogens with zero attached hydrogens (tertiary/aromatic N) is 3. The van der Waals surface area contributed by atoms with Gasteiger partial charge in [-0.05, 0) is 49.9 Å². The molecule has 1 atom stereocenters. The van der Waals surface area contributed by atoms with Gasteiger partial charge in [0.1, 0.15) is 0 Å². The first-order valence-corrected chi connectivity index (χ1v) is 13.6. The van der Waals surface area contributed by atoms with Crippen molar-refractivity contribution >= 4 is 16.0 Å². The molecule has 204 valence electrons. The molecule has 36 heavy (non-hydrogen) atoms. The van der Waals surface area contributed by atoms with E-state index in [9.17, 15) is 21.6 Å². The van der Waals surface area contributed by atoms with Gasteiger partial charge in [-0.1, -0.05) is 26.0 Å². The molecule has 3 aliphatic rings. The maximum atomic E-state index is 13.1. The number of carbonyl (C=O) groups is 1. The van der Waals surface area contributed by atoms with Crippen molar-refractivity contribution in [3.63, 3.8) is 0 Å². The standard InChI is InChI=1S/C22H35N3O3S.C2HF3O2/c1-18(2)19-4-6-21(7-5-19)29(26,27)25-10-8-22(9-11-25)16-20(17-28-22)24-14-12-23(3)13-15-24;3-2(4,5)1(6)7/h4-7,18,20H,8-17H2,1-3H3;(H,6,7). The first-order chi connectivity index (χ1) is 16.7. The second-order valence-electron chi connectivity index (χ2n) is 10.1. The number of aliphatic carboxylic acids is 1. The number of piperidine rings is 1. The summed E-state index contributed by atoms with van der Waals surface area (Å²) in [5, 5.41) is 7.12. The summed E-state index contributed by atoms with van der Waals surface area (Å²) >= 11 is 0. The maximum Gasteiger partial charge on any atom is 0.490 e. The Labute approximate surface area is 211 Å². The van der Waals surface area contributed by atoms with Gasteiger partial charge in [0.15, 0.2) is 0 Å². The van der Waals surface area contributed by atoms with E-state index < -0.39 is 22.2 Å². The molecule has 0 radical (unpaired) electrons. The molecule has 1 N–H and O–H groups in total. The van der Waals surface area contributed by atoms with Crippen molar-refractivity contribution in [3.8, 4) is 0 Å². The molecule has 0 saturated carbocycles. The van der Waals surface area contributed by atoms with E-state index in [0.717, 1.165) is 57.6 Å². The van der Waals surface area contributed by atoms with Crippen LogP contribution >= 0.6 is 0 Å². The van der Waals surface area contributed by atoms with Crippen molar-refractivity contribution in [2.24, 2.45) is 0 Å². The lowest BCUT2D eigenvalue weighted by Gasteiger charge is -2.39. The van der Waals surface area contributed by atoms with Crippen molar-refractivity contribution in [3.05, 3.63) is 29.8 Å². The molecule has 3 saturated heterocycles. The number of likely N-dealkylation sites (N-methyl/N-ethyl adjacent to an activating group) is 1. The van der Waals surface area contributed by atoms with Crippen LogP contribution in [0.15, 0.2) is 29.2 Å². The van der Waals surface area contributed by atoms with Crippen molar-refractivity contribution in [2.45, 2.75) is 61.7 Å². The number of benzene rings is 1. The van der Waals surface area contributed by atoms with Crippen molar-refractivity contribution in [2.75, 3.05) is 52.9 Å². The lowest BCUT2D eigenvalue weighted by Crippen LogP contribution is -2.50. The van der Waals surface area contributed by atoms with Crippen molar-refractivity contribution < 1.29 is 36.2 Å². The highest BCUT2D eigenvalue weighted by molar-refractivity contribution is 7.89. The summed E-state index contributed by atoms with van der Waals surface area (Å²) in [4.78, 5) is 14.2. The Morgan fingerprint density at radius 3 is 2.06 bits per heavy atom. The summed E-state index contributed by atoms with van der Waals surface area (Å²) in [5.41, 5.74) is 1.03. The zero-order valence-corrected chi connectivity index (χ0v) is 21.8. The van der Waals surface area contributed by atoms with Gasteiger partial charge in [-0.2, -0.15) is 17.5 Å². The molecule has 1 aromatic carbocycles. The van der Waals surface area contributed by atoms with Crippen LogP contribution in [-0.2, 0) is 19.6 Å². The van der Waals surface area contributed by atoms with Crippen LogP contribution in [0.5, 0.6) is 0 Å². The second kappa shape index (κ2) is 11.3. The van der Waals surface area contributed by atoms with Crippen LogP contribution in [0.1, 0.15) is 44.6 Å². The number of sulfonamides is 1. The number of rotatable bonds is 4. The molecule has 0 aromatic heterocycles. The first kappa shape index (κ1) is 28.8. The number of hydrogen-bond acceptors (Lipinski definition) is 6. The fourth-order valence-corrected chi connectivity index (χ4v) is 6.34. The lowest BCUT2D eigenvalue weighted by molar-refractivity contribution is -0.192. The van der Waals surface area contributed by atoms with Gasteiger partial charge < -0.3 is 14.7 Å². The molecule has 8 nitrogen and oxygen atoms in total. The number of alkyl halides is 3. The van der Waals surface area contributed by atoms with Gasteiger partial charge in [-0.15, -0.1) is 0 Å². The summed E-state index contributed by atoms with van der Waals surface area (Å²) in [7, 11) is -1.25. The van der Waals surface area contributed by atoms with Gasteiger partial charge in [0.05, 0.1) is 17.1 Å². The van der Waals surface area contributed by atoms with Crippen LogP contribution in [0.4, 0.5) is 13.2 Å². The summed E-state index contributed by atoms with van der Waals surface area (Å²) in [6.07, 6.45) is -2.46. The third-order valence-corrected chi connectivity index (χ3v) is 9.22. The third-order valence-electron chi connectivity index (χ3n) is 7.30. The number of hydrogen-bond donors (Lipinski definition) is 1. The quantitative estimate of drug-likeness (QED) is 0.634. The average molecular weight is 536 g/mol. The summed E-state index contributed by atoms with van der Waals surface area (Å²) in [6.45, 7) is 10.5. The van der Waals surface area contributed by atoms with Crippen LogP contribution in [-0.4, -0.2) is 104 Å². The highest BCUT2D eigenvalue weighted by Crippen LogP contribution is 2.39. The molecule has 3 fully saturated rings. The Balaban J connectivity index is 0.000000454. The number of carboxylic acids is 1. The Bertz CT molecular complexity index is 985. The normalized spacial score (nSPS) is 24.0. The molecule has 0 amide bonds. The predicted octanol–water partition coefficient (Wildman–Crippen LogP) is 3.00. The molecule has 0 bridgehead atoms. The van der Waals surface area contributed by atoms with E-state index in [0.29, 0.717) is 29.9 Å². The van der Waals surface area contributed by atoms with Gasteiger partial charge in [-0.25, -0.2) is 13.2 Å². The molecule has 1 unspecified atom stereocenters. The summed E-state index contributed by atoms with van der Waals surface area (Å²) in [5.74, 6) is -2.36. The molecule has 0 aliphatic carbocycles. The van der Waals surface area contributed by atoms with Gasteiger partial charge in [-0.3, -0.25) is 4.90 Å². The molecule has 12 heteroatoms. The fourth-order valence-electron chi connectivity index (χ4n) is 4.90. The van der Waals surface area contributed by atoms with E-state index in [1.165, 1.54) is 0 Å². The fraction of sp³-hybridized carbons (Fsp3) is 0.708. The van der Waals surface area contributed by atoms with E-state index >= 15 is 0 Å². The molecular formula is C24H36F3N3O5S. The lowest BCUT2D eigenvalue weighted by atomic mass is 9.88. The zero-order valence-electron chi connectivity index (χ0n) is 21.0. The molecule has 3 aliphatic heterocycles. The minimum atomic E-state index is -5.08. The number of ether oxygens (including phenoxy) is 1. The Morgan fingerprint density at radius 2 is 1.58 bits per heavy atom. The Morgan fingerprint density at radius 1 is 1.06 bits per heavy atom. The van der Waals surface area contributed by atoms with E-state index in [-0.39, 0.29) is 5.60 Å². The molecule has 1 aromatic rings. The molecule has 4 rings (SSSR count). The van der Waals surface area contributed by atoms with Crippen molar-refractivity contribution in [1.29, 1.82) is 0 Å². The predicted molar refractivity (Wildman–Crippen MR) is 128 cm³/mol. The van der Waals surface area contributed by atoms with E-state index in [1.807, 2.05) is 12.1 Å². The first-order valence-electron chi connectivity index (χ1n) is 12.2. The summed E-state index contributed by atoms with van der Waals surface area (Å²) in [6, 6.07) is 7.86. The van der Waals surface area contributed by atoms with Crippen LogP contribution in [0.2, 0.25) is 0 Å². The number of halogens is 3. The minimum absolute atomic E-state index is 0.137. The van der Waals surface area contributed by atoms with Gasteiger partial charge in [0.25, 0.3) is 0 Å². The molecule has 3 heterocycles. The van der Waals surface area contributed by atoms with Crippen LogP contribution in [0, 0.1) is 0 Å². The highest BCUT2D eigenvalue weighted by Gasteiger charge is 2.46. The Hall–Kier alpha value is -1.73. The Kier molecular flexibility index (Phi) is 9.08. The number of carboxylic acid groups (broad SMARTS) is 1. The average Bonchev–Trinajstić information content (AvgIpc) is 3.23. The summed E-state index contributed by atoms with van der Waals surface area (Å²) < 4.78 is 65.9. The maximum absolute atomic E-state index is 13.1. The minimum Gasteiger partial charge on any atom is -0.475 e. The van der Waals surface area contributed by atoms with Crippen LogP contribution in [0.25, 0.3) is 0 Å². The largest absolute Gasteiger partial charge is 0.490 e. The highest BCUT2D eigenvalue weighted by atomic mass is 32.2. The smallest absolute Gasteiger partial charge is 0.475 e. The van der Waals surface area contributed by atoms with Crippen LogP contribution < -0.4 is 0 Å². The molecular weight excluding hydrogens is 499 g/mol. The van der Waals surface area contributed by atoms with Gasteiger partial charge in [0, 0.05) is 45.3 Å². The second-order valence-corrected chi connectivity index (χ2v) is 12.1.